The molecule has 0 saturated carbocycles. The van der Waals surface area contributed by atoms with Crippen LogP contribution < -0.4 is 11.1 Å². The molecule has 0 aliphatic carbocycles. The molecular formula is C4H4N4O3Se. The van der Waals surface area contributed by atoms with Gasteiger partial charge in [-0.3, -0.25) is 0 Å². The van der Waals surface area contributed by atoms with E-state index in [1.165, 1.54) is 0 Å². The normalized spacial score (nSPS) is 9.33. The summed E-state index contributed by atoms with van der Waals surface area (Å²) in [5, 5.41) is 10.6. The number of aromatic carboxylic acids is 1. The zero-order valence-corrected chi connectivity index (χ0v) is 7.36. The number of nitrogens with two attached hydrogens (primary N) is 1. The zero-order valence-electron chi connectivity index (χ0n) is 5.64. The van der Waals surface area contributed by atoms with E-state index in [2.05, 4.69) is 13.3 Å². The number of nitrogens with one attached hydrogen (secondary N) is 1. The number of carbonyl (C=O) groups is 2. The summed E-state index contributed by atoms with van der Waals surface area (Å²) in [6, 6.07) is -0.847. The van der Waals surface area contributed by atoms with Gasteiger partial charge in [-0.05, 0) is 0 Å². The van der Waals surface area contributed by atoms with E-state index in [-0.39, 0.29) is 11.5 Å². The number of nitrogens with zero attached hydrogens (tertiary/aromatic N) is 2. The number of anilines is 1. The number of hydrogen-bond donors (Lipinski definition) is 3. The van der Waals surface area contributed by atoms with Crippen LogP contribution in [0, 0.1) is 0 Å². The fraction of sp³-hybridized carbons (Fsp3) is 0. The van der Waals surface area contributed by atoms with E-state index < -0.39 is 27.0 Å². The van der Waals surface area contributed by atoms with Crippen LogP contribution in [0.4, 0.5) is 10.6 Å². The minimum atomic E-state index is -1.22. The molecule has 0 aliphatic rings. The molecule has 0 unspecified atom stereocenters. The summed E-state index contributed by atoms with van der Waals surface area (Å²) in [5.74, 6) is -1.28. The molecule has 0 spiro atoms. The van der Waals surface area contributed by atoms with Gasteiger partial charge in [0.05, 0.1) is 0 Å². The second-order valence-corrected chi connectivity index (χ2v) is 2.86. The van der Waals surface area contributed by atoms with E-state index >= 15 is 0 Å². The van der Waals surface area contributed by atoms with Gasteiger partial charge in [0.25, 0.3) is 0 Å². The predicted octanol–water partition coefficient (Wildman–Crippen LogP) is -1.28. The number of carbonyl (C=O) groups excluding carboxylic acids is 1. The number of urea groups is 1. The number of hydrogen-bond acceptors (Lipinski definition) is 4. The standard InChI is InChI=1S/C4H4N4O3Se/c5-4(11)6-2-1(3(9)10)7-12-8-2/h(H,9,10)(H3,5,6,8,11). The Labute approximate surface area is 72.8 Å². The van der Waals surface area contributed by atoms with Crippen molar-refractivity contribution in [2.75, 3.05) is 5.32 Å². The van der Waals surface area contributed by atoms with Crippen molar-refractivity contribution in [3.8, 4) is 0 Å². The molecule has 0 fully saturated rings. The third kappa shape index (κ3) is 1.80. The molecular weight excluding hydrogens is 231 g/mol. The van der Waals surface area contributed by atoms with Crippen LogP contribution in [-0.4, -0.2) is 40.0 Å². The fourth-order valence-corrected chi connectivity index (χ4v) is 1.58. The molecule has 8 heteroatoms. The average molecular weight is 235 g/mol. The third-order valence-corrected chi connectivity index (χ3v) is 2.04. The number of carboxylic acid groups (broad SMARTS) is 1. The van der Waals surface area contributed by atoms with Gasteiger partial charge in [0.2, 0.25) is 0 Å². The van der Waals surface area contributed by atoms with E-state index in [4.69, 9.17) is 10.8 Å². The van der Waals surface area contributed by atoms with Gasteiger partial charge in [-0.25, -0.2) is 0 Å². The Balaban J connectivity index is 2.91. The topological polar surface area (TPSA) is 118 Å². The molecule has 7 nitrogen and oxygen atoms in total. The molecule has 0 radical (unpaired) electrons. The molecule has 1 rings (SSSR count). The first kappa shape index (κ1) is 8.69. The number of amides is 2. The average Bonchev–Trinajstić information content (AvgIpc) is 2.33. The summed E-state index contributed by atoms with van der Waals surface area (Å²) >= 11 is -0.495. The van der Waals surface area contributed by atoms with Gasteiger partial charge >= 0.3 is 72.2 Å². The van der Waals surface area contributed by atoms with E-state index in [1.54, 1.807) is 0 Å². The van der Waals surface area contributed by atoms with E-state index in [0.717, 1.165) is 0 Å². The summed E-state index contributed by atoms with van der Waals surface area (Å²) in [6.45, 7) is 0. The molecule has 4 N–H and O–H groups in total. The van der Waals surface area contributed by atoms with Crippen molar-refractivity contribution in [3.63, 3.8) is 0 Å². The summed E-state index contributed by atoms with van der Waals surface area (Å²) in [4.78, 5) is 20.7. The Morgan fingerprint density at radius 3 is 2.67 bits per heavy atom. The van der Waals surface area contributed by atoms with Crippen LogP contribution in [0.5, 0.6) is 0 Å². The van der Waals surface area contributed by atoms with Gasteiger partial charge < -0.3 is 0 Å². The molecule has 1 aromatic heterocycles. The molecule has 2 amide bonds. The van der Waals surface area contributed by atoms with Gasteiger partial charge in [-0.1, -0.05) is 0 Å². The number of carboxylic acids is 1. The van der Waals surface area contributed by atoms with Gasteiger partial charge in [-0.15, -0.1) is 0 Å². The van der Waals surface area contributed by atoms with Crippen LogP contribution in [0.25, 0.3) is 0 Å². The zero-order chi connectivity index (χ0) is 9.14. The molecule has 0 aromatic carbocycles. The first-order valence-corrected chi connectivity index (χ1v) is 4.27. The van der Waals surface area contributed by atoms with Gasteiger partial charge in [0, 0.05) is 0 Å². The van der Waals surface area contributed by atoms with Crippen LogP contribution in [0.15, 0.2) is 0 Å². The van der Waals surface area contributed by atoms with Crippen molar-refractivity contribution in [1.29, 1.82) is 0 Å². The quantitative estimate of drug-likeness (QED) is 0.552. The molecule has 64 valence electrons. The molecule has 0 atom stereocenters. The first-order chi connectivity index (χ1) is 5.61. The predicted molar refractivity (Wildman–Crippen MR) is 39.1 cm³/mol. The van der Waals surface area contributed by atoms with Crippen molar-refractivity contribution >= 4 is 32.8 Å². The van der Waals surface area contributed by atoms with Crippen molar-refractivity contribution in [2.24, 2.45) is 5.73 Å². The van der Waals surface area contributed by atoms with Crippen molar-refractivity contribution in [3.05, 3.63) is 5.69 Å². The Bertz CT molecular complexity index is 322. The van der Waals surface area contributed by atoms with Crippen LogP contribution in [0.3, 0.4) is 0 Å². The maximum absolute atomic E-state index is 10.4. The van der Waals surface area contributed by atoms with E-state index in [0.29, 0.717) is 0 Å². The second-order valence-electron chi connectivity index (χ2n) is 1.76. The maximum atomic E-state index is 10.4. The summed E-state index contributed by atoms with van der Waals surface area (Å²) < 4.78 is 7.24. The number of primary amides is 1. The summed E-state index contributed by atoms with van der Waals surface area (Å²) in [5.41, 5.74) is 4.52. The second kappa shape index (κ2) is 3.33. The summed E-state index contributed by atoms with van der Waals surface area (Å²) in [6.07, 6.45) is 0. The van der Waals surface area contributed by atoms with Gasteiger partial charge in [-0.2, -0.15) is 0 Å². The Morgan fingerprint density at radius 1 is 1.50 bits per heavy atom. The van der Waals surface area contributed by atoms with E-state index in [9.17, 15) is 9.59 Å². The van der Waals surface area contributed by atoms with Crippen molar-refractivity contribution in [2.45, 2.75) is 0 Å². The fourth-order valence-electron chi connectivity index (χ4n) is 0.528. The van der Waals surface area contributed by atoms with E-state index in [1.807, 2.05) is 0 Å². The van der Waals surface area contributed by atoms with Crippen LogP contribution in [-0.2, 0) is 0 Å². The monoisotopic (exact) mass is 236 g/mol. The minimum absolute atomic E-state index is 0.0602. The van der Waals surface area contributed by atoms with Crippen LogP contribution >= 0.6 is 0 Å². The SMILES string of the molecule is NC(=O)Nc1n[se]nc1C(=O)O. The molecule has 1 heterocycles. The molecule has 0 saturated heterocycles. The first-order valence-electron chi connectivity index (χ1n) is 2.73. The van der Waals surface area contributed by atoms with Crippen LogP contribution in [0.1, 0.15) is 10.5 Å². The molecule has 12 heavy (non-hydrogen) atoms. The third-order valence-electron chi connectivity index (χ3n) is 0.933. The molecule has 0 aliphatic heterocycles. The number of rotatable bonds is 2. The van der Waals surface area contributed by atoms with Crippen molar-refractivity contribution < 1.29 is 14.7 Å². The van der Waals surface area contributed by atoms with Crippen molar-refractivity contribution in [1.82, 2.24) is 7.96 Å². The Kier molecular flexibility index (Phi) is 2.41. The Morgan fingerprint density at radius 2 is 2.17 bits per heavy atom. The van der Waals surface area contributed by atoms with Gasteiger partial charge in [0.15, 0.2) is 0 Å². The molecule has 0 bridgehead atoms. The van der Waals surface area contributed by atoms with Crippen LogP contribution in [0.2, 0.25) is 0 Å². The number of aromatic nitrogens is 2. The Hall–Kier alpha value is -1.40. The molecule has 1 aromatic rings. The van der Waals surface area contributed by atoms with Gasteiger partial charge in [0.1, 0.15) is 0 Å². The summed E-state index contributed by atoms with van der Waals surface area (Å²) in [7, 11) is 0.